The molecular weight excluding hydrogens is 335 g/mol. The van der Waals surface area contributed by atoms with E-state index in [1.807, 2.05) is 17.0 Å². The number of halogens is 1. The van der Waals surface area contributed by atoms with Crippen LogP contribution in [0, 0.1) is 5.82 Å². The molecule has 0 saturated carbocycles. The third-order valence-electron chi connectivity index (χ3n) is 4.76. The van der Waals surface area contributed by atoms with Crippen molar-refractivity contribution in [2.24, 2.45) is 0 Å². The Balaban J connectivity index is 1.63. The number of quaternary nitrogens is 1. The largest absolute Gasteiger partial charge is 0.493 e. The highest BCUT2D eigenvalue weighted by molar-refractivity contribution is 5.97. The summed E-state index contributed by atoms with van der Waals surface area (Å²) < 4.78 is 23.7. The Hall–Kier alpha value is -2.60. The van der Waals surface area contributed by atoms with E-state index in [9.17, 15) is 9.18 Å². The number of para-hydroxylation sites is 1. The number of rotatable bonds is 5. The first kappa shape index (κ1) is 18.2. The molecule has 0 atom stereocenters. The lowest BCUT2D eigenvalue weighted by Crippen LogP contribution is -3.13. The second kappa shape index (κ2) is 8.19. The van der Waals surface area contributed by atoms with E-state index in [4.69, 9.17) is 9.47 Å². The van der Waals surface area contributed by atoms with Gasteiger partial charge in [-0.05, 0) is 24.3 Å². The molecule has 6 heteroatoms. The highest BCUT2D eigenvalue weighted by atomic mass is 19.1. The van der Waals surface area contributed by atoms with Crippen LogP contribution in [0.25, 0.3) is 0 Å². The number of ether oxygens (including phenoxy) is 2. The molecule has 0 aliphatic carbocycles. The molecule has 0 spiro atoms. The molecule has 1 fully saturated rings. The Morgan fingerprint density at radius 3 is 2.38 bits per heavy atom. The molecule has 0 unspecified atom stereocenters. The van der Waals surface area contributed by atoms with Crippen LogP contribution in [0.4, 0.5) is 4.39 Å². The van der Waals surface area contributed by atoms with Crippen molar-refractivity contribution >= 4 is 5.91 Å². The molecule has 2 aromatic rings. The minimum absolute atomic E-state index is 0.0402. The van der Waals surface area contributed by atoms with Crippen molar-refractivity contribution in [2.45, 2.75) is 6.54 Å². The van der Waals surface area contributed by atoms with Gasteiger partial charge in [-0.1, -0.05) is 18.2 Å². The maximum Gasteiger partial charge on any atom is 0.258 e. The molecular formula is C20H24FN2O3+. The van der Waals surface area contributed by atoms with Crippen LogP contribution < -0.4 is 14.4 Å². The van der Waals surface area contributed by atoms with Crippen LogP contribution in [-0.4, -0.2) is 51.2 Å². The van der Waals surface area contributed by atoms with Crippen LogP contribution in [0.2, 0.25) is 0 Å². The van der Waals surface area contributed by atoms with Crippen molar-refractivity contribution in [1.29, 1.82) is 0 Å². The van der Waals surface area contributed by atoms with E-state index < -0.39 is 0 Å². The lowest BCUT2D eigenvalue weighted by molar-refractivity contribution is -0.917. The quantitative estimate of drug-likeness (QED) is 0.877. The molecule has 3 rings (SSSR count). The van der Waals surface area contributed by atoms with Gasteiger partial charge in [-0.15, -0.1) is 0 Å². The Kier molecular flexibility index (Phi) is 5.73. The number of amides is 1. The van der Waals surface area contributed by atoms with E-state index in [0.29, 0.717) is 30.2 Å². The van der Waals surface area contributed by atoms with Gasteiger partial charge in [0.05, 0.1) is 46.0 Å². The number of carbonyl (C=O) groups excluding carboxylic acids is 1. The molecule has 1 aliphatic rings. The SMILES string of the molecule is COc1cccc(C(=O)N2CC[NH+](Cc3ccc(F)cc3)CC2)c1OC. The van der Waals surface area contributed by atoms with Crippen LogP contribution in [0.1, 0.15) is 15.9 Å². The second-order valence-electron chi connectivity index (χ2n) is 6.39. The smallest absolute Gasteiger partial charge is 0.258 e. The lowest BCUT2D eigenvalue weighted by Gasteiger charge is -2.32. The topological polar surface area (TPSA) is 43.2 Å². The molecule has 138 valence electrons. The molecule has 0 aromatic heterocycles. The predicted octanol–water partition coefficient (Wildman–Crippen LogP) is 1.38. The number of hydrogen-bond donors (Lipinski definition) is 1. The van der Waals surface area contributed by atoms with Gasteiger partial charge in [0.15, 0.2) is 11.5 Å². The third kappa shape index (κ3) is 3.96. The van der Waals surface area contributed by atoms with E-state index in [-0.39, 0.29) is 11.7 Å². The highest BCUT2D eigenvalue weighted by Crippen LogP contribution is 2.31. The Morgan fingerprint density at radius 2 is 1.77 bits per heavy atom. The zero-order chi connectivity index (χ0) is 18.5. The van der Waals surface area contributed by atoms with Gasteiger partial charge >= 0.3 is 0 Å². The monoisotopic (exact) mass is 359 g/mol. The van der Waals surface area contributed by atoms with E-state index in [1.165, 1.54) is 17.0 Å². The van der Waals surface area contributed by atoms with Crippen LogP contribution in [0.3, 0.4) is 0 Å². The standard InChI is InChI=1S/C20H23FN2O3/c1-25-18-5-3-4-17(19(18)26-2)20(24)23-12-10-22(11-13-23)14-15-6-8-16(21)9-7-15/h3-9H,10-14H2,1-2H3/p+1. The van der Waals surface area contributed by atoms with E-state index in [1.54, 1.807) is 32.4 Å². The van der Waals surface area contributed by atoms with Gasteiger partial charge in [-0.3, -0.25) is 4.79 Å². The normalized spacial score (nSPS) is 15.0. The van der Waals surface area contributed by atoms with Crippen molar-refractivity contribution in [3.05, 3.63) is 59.4 Å². The van der Waals surface area contributed by atoms with Crippen molar-refractivity contribution in [3.8, 4) is 11.5 Å². The fourth-order valence-corrected chi connectivity index (χ4v) is 3.32. The molecule has 1 N–H and O–H groups in total. The molecule has 0 bridgehead atoms. The van der Waals surface area contributed by atoms with Crippen LogP contribution in [-0.2, 0) is 6.54 Å². The van der Waals surface area contributed by atoms with Gasteiger partial charge in [0, 0.05) is 5.56 Å². The van der Waals surface area contributed by atoms with Gasteiger partial charge in [0.1, 0.15) is 12.4 Å². The van der Waals surface area contributed by atoms with E-state index in [0.717, 1.165) is 25.2 Å². The molecule has 2 aromatic carbocycles. The van der Waals surface area contributed by atoms with Crippen molar-refractivity contribution in [1.82, 2.24) is 4.90 Å². The number of hydrogen-bond acceptors (Lipinski definition) is 3. The molecule has 1 saturated heterocycles. The number of methoxy groups -OCH3 is 2. The maximum absolute atomic E-state index is 13.0. The first-order valence-electron chi connectivity index (χ1n) is 8.70. The molecule has 1 amide bonds. The van der Waals surface area contributed by atoms with E-state index >= 15 is 0 Å². The van der Waals surface area contributed by atoms with Crippen LogP contribution >= 0.6 is 0 Å². The molecule has 26 heavy (non-hydrogen) atoms. The third-order valence-corrected chi connectivity index (χ3v) is 4.76. The number of carbonyl (C=O) groups is 1. The van der Waals surface area contributed by atoms with Crippen molar-refractivity contribution < 1.29 is 23.6 Å². The summed E-state index contributed by atoms with van der Waals surface area (Å²) in [4.78, 5) is 16.1. The zero-order valence-electron chi connectivity index (χ0n) is 15.1. The summed E-state index contributed by atoms with van der Waals surface area (Å²) in [5.74, 6) is 0.771. The maximum atomic E-state index is 13.0. The van der Waals surface area contributed by atoms with Gasteiger partial charge in [0.25, 0.3) is 5.91 Å². The first-order valence-corrected chi connectivity index (χ1v) is 8.70. The summed E-state index contributed by atoms with van der Waals surface area (Å²) in [5.41, 5.74) is 1.63. The summed E-state index contributed by atoms with van der Waals surface area (Å²) in [5, 5.41) is 0. The minimum atomic E-state index is -0.216. The lowest BCUT2D eigenvalue weighted by atomic mass is 10.1. The fourth-order valence-electron chi connectivity index (χ4n) is 3.32. The fraction of sp³-hybridized carbons (Fsp3) is 0.350. The number of benzene rings is 2. The number of nitrogens with one attached hydrogen (secondary N) is 1. The van der Waals surface area contributed by atoms with Crippen LogP contribution in [0.15, 0.2) is 42.5 Å². The molecule has 1 aliphatic heterocycles. The summed E-state index contributed by atoms with van der Waals surface area (Å²) in [6.45, 7) is 3.90. The van der Waals surface area contributed by atoms with E-state index in [2.05, 4.69) is 0 Å². The number of nitrogens with zero attached hydrogens (tertiary/aromatic N) is 1. The molecule has 1 heterocycles. The first-order chi connectivity index (χ1) is 12.6. The average Bonchev–Trinajstić information content (AvgIpc) is 2.69. The average molecular weight is 359 g/mol. The Bertz CT molecular complexity index is 756. The van der Waals surface area contributed by atoms with Gasteiger partial charge in [0.2, 0.25) is 0 Å². The summed E-state index contributed by atoms with van der Waals surface area (Å²) in [7, 11) is 3.10. The van der Waals surface area contributed by atoms with Crippen LogP contribution in [0.5, 0.6) is 11.5 Å². The van der Waals surface area contributed by atoms with Crippen molar-refractivity contribution in [3.63, 3.8) is 0 Å². The Morgan fingerprint density at radius 1 is 1.08 bits per heavy atom. The summed E-state index contributed by atoms with van der Waals surface area (Å²) in [6, 6.07) is 12.0. The zero-order valence-corrected chi connectivity index (χ0v) is 15.1. The predicted molar refractivity (Wildman–Crippen MR) is 96.3 cm³/mol. The Labute approximate surface area is 152 Å². The summed E-state index contributed by atoms with van der Waals surface area (Å²) >= 11 is 0. The molecule has 0 radical (unpaired) electrons. The van der Waals surface area contributed by atoms with Gasteiger partial charge in [-0.25, -0.2) is 4.39 Å². The second-order valence-corrected chi connectivity index (χ2v) is 6.39. The van der Waals surface area contributed by atoms with Crippen molar-refractivity contribution in [2.75, 3.05) is 40.4 Å². The molecule has 5 nitrogen and oxygen atoms in total. The highest BCUT2D eigenvalue weighted by Gasteiger charge is 2.27. The van der Waals surface area contributed by atoms with Gasteiger partial charge < -0.3 is 19.3 Å². The summed E-state index contributed by atoms with van der Waals surface area (Å²) in [6.07, 6.45) is 0. The number of piperazine rings is 1. The van der Waals surface area contributed by atoms with Gasteiger partial charge in [-0.2, -0.15) is 0 Å². The minimum Gasteiger partial charge on any atom is -0.493 e.